The standard InChI is InChI=1S/C13H13BrN4O/c1-8-5-9(14)7-17-12(8)18-13(19)11-6-10(15-2)3-4-16-11/h3-7H,1-2H3,(H,15,16)(H,17,18,19). The summed E-state index contributed by atoms with van der Waals surface area (Å²) < 4.78 is 0.873. The van der Waals surface area contributed by atoms with Crippen LogP contribution in [0.3, 0.4) is 0 Å². The van der Waals surface area contributed by atoms with Crippen LogP contribution in [0.15, 0.2) is 35.1 Å². The lowest BCUT2D eigenvalue weighted by Crippen LogP contribution is -2.15. The van der Waals surface area contributed by atoms with E-state index in [1.54, 1.807) is 31.6 Å². The van der Waals surface area contributed by atoms with Crippen molar-refractivity contribution in [2.75, 3.05) is 17.7 Å². The third-order valence-corrected chi connectivity index (χ3v) is 2.99. The highest BCUT2D eigenvalue weighted by Crippen LogP contribution is 2.17. The molecule has 0 atom stereocenters. The van der Waals surface area contributed by atoms with Gasteiger partial charge in [0.05, 0.1) is 0 Å². The van der Waals surface area contributed by atoms with Crippen LogP contribution in [0.1, 0.15) is 16.1 Å². The van der Waals surface area contributed by atoms with Gasteiger partial charge in [-0.15, -0.1) is 0 Å². The summed E-state index contributed by atoms with van der Waals surface area (Å²) in [6.45, 7) is 1.88. The van der Waals surface area contributed by atoms with E-state index < -0.39 is 0 Å². The second-order valence-electron chi connectivity index (χ2n) is 3.95. The number of nitrogens with one attached hydrogen (secondary N) is 2. The second-order valence-corrected chi connectivity index (χ2v) is 4.87. The van der Waals surface area contributed by atoms with Crippen molar-refractivity contribution in [3.63, 3.8) is 0 Å². The molecule has 0 aliphatic carbocycles. The summed E-state index contributed by atoms with van der Waals surface area (Å²) >= 11 is 3.33. The van der Waals surface area contributed by atoms with E-state index in [9.17, 15) is 4.79 Å². The Labute approximate surface area is 119 Å². The Hall–Kier alpha value is -1.95. The first-order chi connectivity index (χ1) is 9.10. The number of halogens is 1. The minimum atomic E-state index is -0.282. The van der Waals surface area contributed by atoms with Gasteiger partial charge in [0.15, 0.2) is 0 Å². The zero-order chi connectivity index (χ0) is 13.8. The molecule has 5 nitrogen and oxygen atoms in total. The average Bonchev–Trinajstić information content (AvgIpc) is 2.42. The van der Waals surface area contributed by atoms with Gasteiger partial charge in [-0.2, -0.15) is 0 Å². The first kappa shape index (κ1) is 13.5. The Kier molecular flexibility index (Phi) is 4.11. The quantitative estimate of drug-likeness (QED) is 0.912. The van der Waals surface area contributed by atoms with Crippen molar-refractivity contribution in [2.24, 2.45) is 0 Å². The van der Waals surface area contributed by atoms with E-state index in [0.717, 1.165) is 15.7 Å². The number of aromatic nitrogens is 2. The SMILES string of the molecule is CNc1ccnc(C(=O)Nc2ncc(Br)cc2C)c1. The van der Waals surface area contributed by atoms with Crippen LogP contribution >= 0.6 is 15.9 Å². The van der Waals surface area contributed by atoms with Gasteiger partial charge in [0.1, 0.15) is 11.5 Å². The van der Waals surface area contributed by atoms with Crippen molar-refractivity contribution < 1.29 is 4.79 Å². The van der Waals surface area contributed by atoms with Crippen molar-refractivity contribution in [1.82, 2.24) is 9.97 Å². The fourth-order valence-corrected chi connectivity index (χ4v) is 2.00. The molecule has 0 aliphatic heterocycles. The molecule has 0 radical (unpaired) electrons. The minimum absolute atomic E-state index is 0.282. The monoisotopic (exact) mass is 320 g/mol. The maximum absolute atomic E-state index is 12.1. The summed E-state index contributed by atoms with van der Waals surface area (Å²) in [5.74, 6) is 0.250. The number of amides is 1. The van der Waals surface area contributed by atoms with Crippen molar-refractivity contribution in [2.45, 2.75) is 6.92 Å². The minimum Gasteiger partial charge on any atom is -0.388 e. The van der Waals surface area contributed by atoms with Gasteiger partial charge < -0.3 is 10.6 Å². The molecule has 19 heavy (non-hydrogen) atoms. The number of anilines is 2. The van der Waals surface area contributed by atoms with E-state index in [1.807, 2.05) is 13.0 Å². The van der Waals surface area contributed by atoms with Crippen LogP contribution in [0, 0.1) is 6.92 Å². The van der Waals surface area contributed by atoms with Gasteiger partial charge in [-0.3, -0.25) is 9.78 Å². The molecule has 0 spiro atoms. The number of hydrogen-bond donors (Lipinski definition) is 2. The van der Waals surface area contributed by atoms with E-state index in [4.69, 9.17) is 0 Å². The van der Waals surface area contributed by atoms with Crippen LogP contribution in [0.4, 0.5) is 11.5 Å². The van der Waals surface area contributed by atoms with Crippen LogP contribution in [0.5, 0.6) is 0 Å². The number of rotatable bonds is 3. The highest BCUT2D eigenvalue weighted by atomic mass is 79.9. The molecule has 0 aromatic carbocycles. The molecule has 0 bridgehead atoms. The van der Waals surface area contributed by atoms with E-state index >= 15 is 0 Å². The number of nitrogens with zero attached hydrogens (tertiary/aromatic N) is 2. The van der Waals surface area contributed by atoms with Gasteiger partial charge in [0.25, 0.3) is 5.91 Å². The normalized spacial score (nSPS) is 10.1. The molecule has 98 valence electrons. The maximum atomic E-state index is 12.1. The summed E-state index contributed by atoms with van der Waals surface area (Å²) in [7, 11) is 1.79. The van der Waals surface area contributed by atoms with Gasteiger partial charge in [-0.05, 0) is 46.6 Å². The van der Waals surface area contributed by atoms with Crippen LogP contribution in [0.2, 0.25) is 0 Å². The van der Waals surface area contributed by atoms with E-state index in [1.165, 1.54) is 0 Å². The van der Waals surface area contributed by atoms with Gasteiger partial charge in [-0.1, -0.05) is 0 Å². The summed E-state index contributed by atoms with van der Waals surface area (Å²) in [6, 6.07) is 5.36. The number of pyridine rings is 2. The third kappa shape index (κ3) is 3.29. The first-order valence-electron chi connectivity index (χ1n) is 5.67. The van der Waals surface area contributed by atoms with Crippen LogP contribution in [-0.2, 0) is 0 Å². The average molecular weight is 321 g/mol. The lowest BCUT2D eigenvalue weighted by molar-refractivity contribution is 0.102. The summed E-state index contributed by atoms with van der Waals surface area (Å²) in [6.07, 6.45) is 3.22. The van der Waals surface area contributed by atoms with Gasteiger partial charge >= 0.3 is 0 Å². The largest absolute Gasteiger partial charge is 0.388 e. The molecular weight excluding hydrogens is 308 g/mol. The number of aryl methyl sites for hydroxylation is 1. The number of carbonyl (C=O) groups excluding carboxylic acids is 1. The Morgan fingerprint density at radius 2 is 2.11 bits per heavy atom. The highest BCUT2D eigenvalue weighted by molar-refractivity contribution is 9.10. The summed E-state index contributed by atoms with van der Waals surface area (Å²) in [5, 5.41) is 5.71. The van der Waals surface area contributed by atoms with Crippen LogP contribution < -0.4 is 10.6 Å². The molecule has 2 aromatic heterocycles. The zero-order valence-corrected chi connectivity index (χ0v) is 12.2. The van der Waals surface area contributed by atoms with Gasteiger partial charge in [0, 0.05) is 29.6 Å². The third-order valence-electron chi connectivity index (χ3n) is 2.56. The van der Waals surface area contributed by atoms with E-state index in [0.29, 0.717) is 11.5 Å². The molecule has 2 heterocycles. The Morgan fingerprint density at radius 1 is 1.32 bits per heavy atom. The lowest BCUT2D eigenvalue weighted by atomic mass is 10.2. The van der Waals surface area contributed by atoms with Crippen molar-refractivity contribution in [3.8, 4) is 0 Å². The molecule has 2 N–H and O–H groups in total. The smallest absolute Gasteiger partial charge is 0.275 e. The Bertz CT molecular complexity index is 615. The first-order valence-corrected chi connectivity index (χ1v) is 6.47. The molecular formula is C13H13BrN4O. The lowest BCUT2D eigenvalue weighted by Gasteiger charge is -2.08. The molecule has 0 unspecified atom stereocenters. The molecule has 2 rings (SSSR count). The molecule has 0 fully saturated rings. The molecule has 2 aromatic rings. The number of carbonyl (C=O) groups is 1. The van der Waals surface area contributed by atoms with Crippen molar-refractivity contribution in [1.29, 1.82) is 0 Å². The predicted molar refractivity (Wildman–Crippen MR) is 78.4 cm³/mol. The highest BCUT2D eigenvalue weighted by Gasteiger charge is 2.10. The molecule has 0 saturated heterocycles. The van der Waals surface area contributed by atoms with Crippen LogP contribution in [-0.4, -0.2) is 22.9 Å². The maximum Gasteiger partial charge on any atom is 0.275 e. The zero-order valence-electron chi connectivity index (χ0n) is 10.6. The van der Waals surface area contributed by atoms with E-state index in [2.05, 4.69) is 36.5 Å². The topological polar surface area (TPSA) is 66.9 Å². The molecule has 6 heteroatoms. The number of hydrogen-bond acceptors (Lipinski definition) is 4. The van der Waals surface area contributed by atoms with Crippen molar-refractivity contribution >= 4 is 33.3 Å². The van der Waals surface area contributed by atoms with Crippen molar-refractivity contribution in [3.05, 3.63) is 46.3 Å². The predicted octanol–water partition coefficient (Wildman–Crippen LogP) is 2.84. The fourth-order valence-electron chi connectivity index (χ4n) is 1.55. The fraction of sp³-hybridized carbons (Fsp3) is 0.154. The van der Waals surface area contributed by atoms with Gasteiger partial charge in [-0.25, -0.2) is 4.98 Å². The second kappa shape index (κ2) is 5.79. The van der Waals surface area contributed by atoms with Gasteiger partial charge in [0.2, 0.25) is 0 Å². The van der Waals surface area contributed by atoms with Crippen LogP contribution in [0.25, 0.3) is 0 Å². The van der Waals surface area contributed by atoms with E-state index in [-0.39, 0.29) is 5.91 Å². The Morgan fingerprint density at radius 3 is 2.79 bits per heavy atom. The summed E-state index contributed by atoms with van der Waals surface area (Å²) in [5.41, 5.74) is 2.06. The Balaban J connectivity index is 2.20. The molecule has 0 aliphatic rings. The molecule has 1 amide bonds. The summed E-state index contributed by atoms with van der Waals surface area (Å²) in [4.78, 5) is 20.3. The molecule has 0 saturated carbocycles.